The summed E-state index contributed by atoms with van der Waals surface area (Å²) in [6.45, 7) is 4.30. The van der Waals surface area contributed by atoms with Gasteiger partial charge in [0.1, 0.15) is 9.90 Å². The third-order valence-corrected chi connectivity index (χ3v) is 7.47. The van der Waals surface area contributed by atoms with E-state index in [1.165, 1.54) is 12.4 Å². The zero-order valence-electron chi connectivity index (χ0n) is 15.8. The summed E-state index contributed by atoms with van der Waals surface area (Å²) >= 11 is 1.55. The minimum absolute atomic E-state index is 0.0102. The fourth-order valence-electron chi connectivity index (χ4n) is 3.19. The number of hydrogen-bond acceptors (Lipinski definition) is 6. The van der Waals surface area contributed by atoms with E-state index in [1.807, 2.05) is 13.8 Å². The fraction of sp³-hybridized carbons (Fsp3) is 0.556. The average molecular weight is 431 g/mol. The maximum atomic E-state index is 13.5. The van der Waals surface area contributed by atoms with Crippen LogP contribution in [-0.2, 0) is 16.6 Å². The number of aryl methyl sites for hydroxylation is 2. The predicted octanol–water partition coefficient (Wildman–Crippen LogP) is 4.01. The van der Waals surface area contributed by atoms with Crippen molar-refractivity contribution in [2.75, 3.05) is 5.32 Å². The van der Waals surface area contributed by atoms with Gasteiger partial charge in [-0.2, -0.15) is 0 Å². The Balaban J connectivity index is 1.73. The molecule has 1 fully saturated rings. The molecular weight excluding hydrogens is 406 g/mol. The van der Waals surface area contributed by atoms with Gasteiger partial charge in [0.05, 0.1) is 17.9 Å². The van der Waals surface area contributed by atoms with Crippen LogP contribution in [0.3, 0.4) is 0 Å². The number of pyridine rings is 1. The largest absolute Gasteiger partial charge is 0.377 e. The van der Waals surface area contributed by atoms with Gasteiger partial charge >= 0.3 is 0 Å². The normalized spacial score (nSPS) is 19.9. The van der Waals surface area contributed by atoms with E-state index in [-0.39, 0.29) is 24.2 Å². The third kappa shape index (κ3) is 5.24. The van der Waals surface area contributed by atoms with E-state index in [0.29, 0.717) is 25.1 Å². The Morgan fingerprint density at radius 3 is 2.79 bits per heavy atom. The molecule has 0 spiro atoms. The zero-order chi connectivity index (χ0) is 20.4. The number of hydrogen-bond donors (Lipinski definition) is 2. The van der Waals surface area contributed by atoms with Crippen LogP contribution in [0, 0.1) is 13.8 Å². The van der Waals surface area contributed by atoms with E-state index >= 15 is 0 Å². The first-order valence-corrected chi connectivity index (χ1v) is 11.5. The number of aromatic nitrogens is 2. The topological polar surface area (TPSA) is 84.0 Å². The molecule has 10 heteroatoms. The van der Waals surface area contributed by atoms with Crippen LogP contribution in [0.15, 0.2) is 23.4 Å². The molecule has 1 aliphatic carbocycles. The van der Waals surface area contributed by atoms with Crippen LogP contribution in [0.2, 0.25) is 0 Å². The second-order valence-electron chi connectivity index (χ2n) is 7.08. The molecule has 2 aromatic heterocycles. The Hall–Kier alpha value is -1.65. The standard InChI is InChI=1S/C18H24F2N4O2S2/c1-12-13(2)27-17(23-12)11-22-15-6-9-21-10-16(15)28(25,26)24-14-4-3-7-18(19,20)8-5-14/h6,9-10,14,24H,3-5,7-8,11H2,1-2H3,(H,21,22). The molecule has 0 saturated heterocycles. The van der Waals surface area contributed by atoms with Gasteiger partial charge in [0.25, 0.3) is 0 Å². The van der Waals surface area contributed by atoms with Crippen LogP contribution in [0.1, 0.15) is 47.7 Å². The summed E-state index contributed by atoms with van der Waals surface area (Å²) in [5.74, 6) is -2.72. The molecule has 1 aliphatic rings. The third-order valence-electron chi connectivity index (χ3n) is 4.85. The quantitative estimate of drug-likeness (QED) is 0.677. The van der Waals surface area contributed by atoms with Crippen molar-refractivity contribution < 1.29 is 17.2 Å². The van der Waals surface area contributed by atoms with Gasteiger partial charge in [0.2, 0.25) is 15.9 Å². The number of anilines is 1. The molecule has 0 aromatic carbocycles. The molecule has 28 heavy (non-hydrogen) atoms. The lowest BCUT2D eigenvalue weighted by atomic mass is 10.1. The molecule has 1 unspecified atom stereocenters. The van der Waals surface area contributed by atoms with Crippen LogP contribution < -0.4 is 10.0 Å². The van der Waals surface area contributed by atoms with Crippen molar-refractivity contribution in [2.24, 2.45) is 0 Å². The van der Waals surface area contributed by atoms with Gasteiger partial charge < -0.3 is 5.32 Å². The molecular formula is C18H24F2N4O2S2. The molecule has 3 rings (SSSR count). The van der Waals surface area contributed by atoms with Crippen LogP contribution in [-0.4, -0.2) is 30.4 Å². The number of thiazole rings is 1. The second kappa shape index (κ2) is 8.38. The summed E-state index contributed by atoms with van der Waals surface area (Å²) in [5.41, 5.74) is 1.36. The Labute approximate surface area is 167 Å². The zero-order valence-corrected chi connectivity index (χ0v) is 17.5. The van der Waals surface area contributed by atoms with Crippen LogP contribution in [0.4, 0.5) is 14.5 Å². The molecule has 1 atom stereocenters. The number of nitrogens with zero attached hydrogens (tertiary/aromatic N) is 2. The number of sulfonamides is 1. The SMILES string of the molecule is Cc1nc(CNc2ccncc2S(=O)(=O)NC2CCCC(F)(F)CC2)sc1C. The first kappa shape index (κ1) is 21.1. The van der Waals surface area contributed by atoms with Gasteiger partial charge in [0, 0.05) is 36.2 Å². The maximum absolute atomic E-state index is 13.5. The maximum Gasteiger partial charge on any atom is 0.248 e. The van der Waals surface area contributed by atoms with Gasteiger partial charge in [-0.1, -0.05) is 0 Å². The van der Waals surface area contributed by atoms with Gasteiger partial charge in [-0.15, -0.1) is 11.3 Å². The highest BCUT2D eigenvalue weighted by atomic mass is 32.2. The van der Waals surface area contributed by atoms with E-state index in [2.05, 4.69) is 20.0 Å². The molecule has 0 amide bonds. The van der Waals surface area contributed by atoms with Crippen molar-refractivity contribution in [1.29, 1.82) is 0 Å². The highest BCUT2D eigenvalue weighted by molar-refractivity contribution is 7.89. The van der Waals surface area contributed by atoms with E-state index in [1.54, 1.807) is 17.4 Å². The van der Waals surface area contributed by atoms with Crippen molar-refractivity contribution in [2.45, 2.75) is 69.4 Å². The molecule has 2 heterocycles. The summed E-state index contributed by atoms with van der Waals surface area (Å²) < 4.78 is 55.4. The first-order valence-electron chi connectivity index (χ1n) is 9.17. The van der Waals surface area contributed by atoms with Gasteiger partial charge in [-0.05, 0) is 39.2 Å². The van der Waals surface area contributed by atoms with E-state index < -0.39 is 22.0 Å². The molecule has 6 nitrogen and oxygen atoms in total. The second-order valence-corrected chi connectivity index (χ2v) is 10.0. The number of alkyl halides is 2. The monoisotopic (exact) mass is 430 g/mol. The summed E-state index contributed by atoms with van der Waals surface area (Å²) in [4.78, 5) is 9.49. The summed E-state index contributed by atoms with van der Waals surface area (Å²) in [5, 5.41) is 3.96. The smallest absolute Gasteiger partial charge is 0.248 e. The van der Waals surface area contributed by atoms with Crippen molar-refractivity contribution >= 4 is 27.0 Å². The van der Waals surface area contributed by atoms with E-state index in [4.69, 9.17) is 0 Å². The van der Waals surface area contributed by atoms with E-state index in [0.717, 1.165) is 15.6 Å². The minimum atomic E-state index is -3.89. The van der Waals surface area contributed by atoms with Gasteiger partial charge in [-0.25, -0.2) is 26.9 Å². The lowest BCUT2D eigenvalue weighted by Crippen LogP contribution is -2.35. The number of halogens is 2. The lowest BCUT2D eigenvalue weighted by molar-refractivity contribution is -0.0142. The Bertz CT molecular complexity index is 912. The highest BCUT2D eigenvalue weighted by Crippen LogP contribution is 2.32. The molecule has 0 radical (unpaired) electrons. The molecule has 2 aromatic rings. The molecule has 1 saturated carbocycles. The minimum Gasteiger partial charge on any atom is -0.377 e. The van der Waals surface area contributed by atoms with E-state index in [9.17, 15) is 17.2 Å². The Kier molecular flexibility index (Phi) is 6.31. The van der Waals surface area contributed by atoms with Crippen molar-refractivity contribution in [3.8, 4) is 0 Å². The number of rotatable bonds is 6. The lowest BCUT2D eigenvalue weighted by Gasteiger charge is -2.18. The number of nitrogens with one attached hydrogen (secondary N) is 2. The summed E-state index contributed by atoms with van der Waals surface area (Å²) in [6, 6.07) is 1.08. The van der Waals surface area contributed by atoms with Gasteiger partial charge in [0.15, 0.2) is 0 Å². The Morgan fingerprint density at radius 2 is 2.07 bits per heavy atom. The first-order chi connectivity index (χ1) is 13.2. The van der Waals surface area contributed by atoms with Crippen molar-refractivity contribution in [3.05, 3.63) is 34.0 Å². The fourth-order valence-corrected chi connectivity index (χ4v) is 5.49. The molecule has 154 valence electrons. The summed E-state index contributed by atoms with van der Waals surface area (Å²) in [7, 11) is -3.89. The van der Waals surface area contributed by atoms with Crippen LogP contribution in [0.25, 0.3) is 0 Å². The van der Waals surface area contributed by atoms with Crippen LogP contribution >= 0.6 is 11.3 Å². The van der Waals surface area contributed by atoms with Crippen LogP contribution in [0.5, 0.6) is 0 Å². The highest BCUT2D eigenvalue weighted by Gasteiger charge is 2.34. The van der Waals surface area contributed by atoms with Gasteiger partial charge in [-0.3, -0.25) is 4.98 Å². The average Bonchev–Trinajstić information content (AvgIpc) is 2.85. The molecule has 2 N–H and O–H groups in total. The molecule has 0 aliphatic heterocycles. The Morgan fingerprint density at radius 1 is 1.29 bits per heavy atom. The molecule has 0 bridgehead atoms. The summed E-state index contributed by atoms with van der Waals surface area (Å²) in [6.07, 6.45) is 3.09. The predicted molar refractivity (Wildman–Crippen MR) is 105 cm³/mol. The van der Waals surface area contributed by atoms with Crippen molar-refractivity contribution in [1.82, 2.24) is 14.7 Å². The van der Waals surface area contributed by atoms with Crippen molar-refractivity contribution in [3.63, 3.8) is 0 Å².